The molecule has 0 bridgehead atoms. The van der Waals surface area contributed by atoms with E-state index in [0.29, 0.717) is 0 Å². The zero-order valence-electron chi connectivity index (χ0n) is 15.6. The lowest BCUT2D eigenvalue weighted by molar-refractivity contribution is -0.111. The number of anilines is 2. The lowest BCUT2D eigenvalue weighted by Crippen LogP contribution is -2.36. The van der Waals surface area contributed by atoms with Gasteiger partial charge in [-0.05, 0) is 42.0 Å². The Bertz CT molecular complexity index is 1010. The van der Waals surface area contributed by atoms with Crippen LogP contribution in [-0.4, -0.2) is 44.3 Å². The van der Waals surface area contributed by atoms with Gasteiger partial charge >= 0.3 is 0 Å². The molecular formula is C21H21N3O3S. The maximum absolute atomic E-state index is 12.3. The molecule has 144 valence electrons. The van der Waals surface area contributed by atoms with E-state index in [0.717, 1.165) is 58.7 Å². The molecule has 1 saturated heterocycles. The van der Waals surface area contributed by atoms with E-state index >= 15 is 0 Å². The van der Waals surface area contributed by atoms with Crippen LogP contribution in [0.15, 0.2) is 48.5 Å². The number of morpholine rings is 1. The topological polar surface area (TPSA) is 63.7 Å². The molecule has 1 fully saturated rings. The number of nitrogens with one attached hydrogen (secondary N) is 1. The van der Waals surface area contributed by atoms with Gasteiger partial charge in [-0.1, -0.05) is 23.5 Å². The van der Waals surface area contributed by atoms with Gasteiger partial charge < -0.3 is 19.7 Å². The summed E-state index contributed by atoms with van der Waals surface area (Å²) in [7, 11) is 1.62. The summed E-state index contributed by atoms with van der Waals surface area (Å²) in [4.78, 5) is 19.2. The van der Waals surface area contributed by atoms with Crippen LogP contribution < -0.4 is 15.0 Å². The molecule has 1 aliphatic rings. The first kappa shape index (κ1) is 18.5. The molecule has 2 heterocycles. The first-order valence-corrected chi connectivity index (χ1v) is 9.89. The number of methoxy groups -OCH3 is 1. The molecule has 0 unspecified atom stereocenters. The van der Waals surface area contributed by atoms with Crippen LogP contribution in [0.2, 0.25) is 0 Å². The first-order valence-electron chi connectivity index (χ1n) is 9.08. The van der Waals surface area contributed by atoms with E-state index in [1.165, 1.54) is 6.08 Å². The van der Waals surface area contributed by atoms with E-state index in [1.54, 1.807) is 24.5 Å². The van der Waals surface area contributed by atoms with E-state index in [4.69, 9.17) is 14.5 Å². The Morgan fingerprint density at radius 3 is 2.93 bits per heavy atom. The number of nitrogens with zero attached hydrogens (tertiary/aromatic N) is 2. The number of amides is 1. The Morgan fingerprint density at radius 1 is 1.25 bits per heavy atom. The van der Waals surface area contributed by atoms with Gasteiger partial charge in [0.15, 0.2) is 5.13 Å². The molecule has 3 aromatic rings. The summed E-state index contributed by atoms with van der Waals surface area (Å²) in [5, 5.41) is 3.91. The second-order valence-electron chi connectivity index (χ2n) is 6.38. The summed E-state index contributed by atoms with van der Waals surface area (Å²) in [5.74, 6) is 0.578. The van der Waals surface area contributed by atoms with Crippen molar-refractivity contribution in [1.29, 1.82) is 0 Å². The van der Waals surface area contributed by atoms with Crippen LogP contribution in [0, 0.1) is 0 Å². The highest BCUT2D eigenvalue weighted by molar-refractivity contribution is 7.22. The fraction of sp³-hybridized carbons (Fsp3) is 0.238. The van der Waals surface area contributed by atoms with Gasteiger partial charge in [-0.15, -0.1) is 0 Å². The Kier molecular flexibility index (Phi) is 5.55. The van der Waals surface area contributed by atoms with E-state index in [9.17, 15) is 4.79 Å². The van der Waals surface area contributed by atoms with Crippen molar-refractivity contribution in [3.8, 4) is 5.75 Å². The zero-order chi connectivity index (χ0) is 19.3. The average molecular weight is 395 g/mol. The van der Waals surface area contributed by atoms with Crippen LogP contribution in [0.3, 0.4) is 0 Å². The molecule has 1 N–H and O–H groups in total. The third kappa shape index (κ3) is 4.32. The fourth-order valence-electron chi connectivity index (χ4n) is 2.98. The number of carbonyl (C=O) groups excluding carboxylic acids is 1. The van der Waals surface area contributed by atoms with Crippen molar-refractivity contribution >= 4 is 44.4 Å². The maximum atomic E-state index is 12.3. The van der Waals surface area contributed by atoms with Gasteiger partial charge in [0, 0.05) is 24.9 Å². The standard InChI is InChI=1S/C21H21N3O3S/c1-26-17-4-2-3-15(13-17)5-8-20(25)22-16-6-7-18-19(14-16)28-21(23-18)24-9-11-27-12-10-24/h2-8,13-14H,9-12H2,1H3,(H,22,25)/b8-5+. The summed E-state index contributed by atoms with van der Waals surface area (Å²) in [5.41, 5.74) is 2.60. The summed E-state index contributed by atoms with van der Waals surface area (Å²) in [6.45, 7) is 3.19. The monoisotopic (exact) mass is 395 g/mol. The smallest absolute Gasteiger partial charge is 0.248 e. The lowest BCUT2D eigenvalue weighted by Gasteiger charge is -2.25. The van der Waals surface area contributed by atoms with Crippen molar-refractivity contribution in [2.45, 2.75) is 0 Å². The molecule has 4 rings (SSSR count). The molecule has 0 saturated carbocycles. The second-order valence-corrected chi connectivity index (χ2v) is 7.39. The molecule has 0 aliphatic carbocycles. The number of hydrogen-bond acceptors (Lipinski definition) is 6. The highest BCUT2D eigenvalue weighted by atomic mass is 32.1. The first-order chi connectivity index (χ1) is 13.7. The number of aromatic nitrogens is 1. The van der Waals surface area contributed by atoms with Crippen molar-refractivity contribution in [2.24, 2.45) is 0 Å². The van der Waals surface area contributed by atoms with Crippen LogP contribution in [0.4, 0.5) is 10.8 Å². The Balaban J connectivity index is 1.44. The van der Waals surface area contributed by atoms with Crippen molar-refractivity contribution in [3.63, 3.8) is 0 Å². The van der Waals surface area contributed by atoms with Crippen LogP contribution in [0.5, 0.6) is 5.75 Å². The lowest BCUT2D eigenvalue weighted by atomic mass is 10.2. The van der Waals surface area contributed by atoms with Crippen LogP contribution in [0.25, 0.3) is 16.3 Å². The zero-order valence-corrected chi connectivity index (χ0v) is 16.4. The number of rotatable bonds is 5. The molecule has 0 atom stereocenters. The average Bonchev–Trinajstić information content (AvgIpc) is 3.16. The van der Waals surface area contributed by atoms with Gasteiger partial charge in [0.1, 0.15) is 5.75 Å². The molecule has 7 heteroatoms. The van der Waals surface area contributed by atoms with Gasteiger partial charge in [0.25, 0.3) is 0 Å². The predicted molar refractivity (Wildman–Crippen MR) is 113 cm³/mol. The van der Waals surface area contributed by atoms with E-state index in [-0.39, 0.29) is 5.91 Å². The molecule has 0 radical (unpaired) electrons. The largest absolute Gasteiger partial charge is 0.497 e. The minimum atomic E-state index is -0.180. The third-order valence-electron chi connectivity index (χ3n) is 4.45. The van der Waals surface area contributed by atoms with Crippen LogP contribution in [0.1, 0.15) is 5.56 Å². The second kappa shape index (κ2) is 8.41. The van der Waals surface area contributed by atoms with Crippen molar-refractivity contribution in [1.82, 2.24) is 4.98 Å². The fourth-order valence-corrected chi connectivity index (χ4v) is 4.04. The minimum Gasteiger partial charge on any atom is -0.497 e. The predicted octanol–water partition coefficient (Wildman–Crippen LogP) is 3.79. The number of carbonyl (C=O) groups is 1. The summed E-state index contributed by atoms with van der Waals surface area (Å²) in [6.07, 6.45) is 3.28. The normalized spacial score (nSPS) is 14.5. The molecule has 1 aliphatic heterocycles. The number of thiazole rings is 1. The van der Waals surface area contributed by atoms with E-state index in [2.05, 4.69) is 10.2 Å². The number of benzene rings is 2. The van der Waals surface area contributed by atoms with Gasteiger partial charge in [0.2, 0.25) is 5.91 Å². The summed E-state index contributed by atoms with van der Waals surface area (Å²) < 4.78 is 11.6. The number of hydrogen-bond donors (Lipinski definition) is 1. The molecule has 1 aromatic heterocycles. The Morgan fingerprint density at radius 2 is 2.11 bits per heavy atom. The number of ether oxygens (including phenoxy) is 2. The highest BCUT2D eigenvalue weighted by Crippen LogP contribution is 2.31. The van der Waals surface area contributed by atoms with E-state index in [1.807, 2.05) is 42.5 Å². The molecule has 0 spiro atoms. The van der Waals surface area contributed by atoms with Crippen LogP contribution in [-0.2, 0) is 9.53 Å². The minimum absolute atomic E-state index is 0.180. The summed E-state index contributed by atoms with van der Waals surface area (Å²) in [6, 6.07) is 13.3. The highest BCUT2D eigenvalue weighted by Gasteiger charge is 2.15. The molecule has 2 aromatic carbocycles. The Labute approximate surface area is 167 Å². The number of fused-ring (bicyclic) bond motifs is 1. The van der Waals surface area contributed by atoms with Crippen molar-refractivity contribution < 1.29 is 14.3 Å². The maximum Gasteiger partial charge on any atom is 0.248 e. The summed E-state index contributed by atoms with van der Waals surface area (Å²) >= 11 is 1.64. The molecule has 1 amide bonds. The van der Waals surface area contributed by atoms with Gasteiger partial charge in [0.05, 0.1) is 30.5 Å². The molecular weight excluding hydrogens is 374 g/mol. The van der Waals surface area contributed by atoms with Crippen LogP contribution >= 0.6 is 11.3 Å². The van der Waals surface area contributed by atoms with Crippen molar-refractivity contribution in [2.75, 3.05) is 43.6 Å². The SMILES string of the molecule is COc1cccc(/C=C/C(=O)Nc2ccc3nc(N4CCOCC4)sc3c2)c1. The molecule has 6 nitrogen and oxygen atoms in total. The molecule has 28 heavy (non-hydrogen) atoms. The Hall–Kier alpha value is -2.90. The van der Waals surface area contributed by atoms with Gasteiger partial charge in [-0.25, -0.2) is 4.98 Å². The van der Waals surface area contributed by atoms with Crippen molar-refractivity contribution in [3.05, 3.63) is 54.1 Å². The third-order valence-corrected chi connectivity index (χ3v) is 5.53. The quantitative estimate of drug-likeness (QED) is 0.666. The van der Waals surface area contributed by atoms with Gasteiger partial charge in [-0.3, -0.25) is 4.79 Å². The van der Waals surface area contributed by atoms with E-state index < -0.39 is 0 Å². The van der Waals surface area contributed by atoms with Gasteiger partial charge in [-0.2, -0.15) is 0 Å².